The molecule has 94 valence electrons. The smallest absolute Gasteiger partial charge is 0.0306 e. The third-order valence-corrected chi connectivity index (χ3v) is 3.97. The quantitative estimate of drug-likeness (QED) is 0.860. The van der Waals surface area contributed by atoms with Crippen LogP contribution in [0.1, 0.15) is 24.1 Å². The van der Waals surface area contributed by atoms with Gasteiger partial charge in [0.05, 0.1) is 0 Å². The van der Waals surface area contributed by atoms with Crippen molar-refractivity contribution in [1.82, 2.24) is 10.3 Å². The molecule has 1 unspecified atom stereocenters. The van der Waals surface area contributed by atoms with Crippen LogP contribution in [0.5, 0.6) is 0 Å². The molecule has 1 aromatic heterocycles. The first-order valence-electron chi connectivity index (χ1n) is 5.74. The number of hydrogen-bond acceptors (Lipinski definition) is 2. The third-order valence-electron chi connectivity index (χ3n) is 2.79. The largest absolute Gasteiger partial charge is 0.306 e. The minimum absolute atomic E-state index is 0.292. The van der Waals surface area contributed by atoms with E-state index in [9.17, 15) is 0 Å². The summed E-state index contributed by atoms with van der Waals surface area (Å²) >= 11 is 7.06. The number of nitrogens with one attached hydrogen (secondary N) is 1. The first-order valence-corrected chi connectivity index (χ1v) is 7.32. The van der Waals surface area contributed by atoms with E-state index in [1.165, 1.54) is 11.1 Å². The van der Waals surface area contributed by atoms with E-state index in [1.54, 1.807) is 0 Å². The number of hydrogen-bond donors (Lipinski definition) is 1. The van der Waals surface area contributed by atoms with Crippen LogP contribution in [0.2, 0.25) is 0 Å². The van der Waals surface area contributed by atoms with Gasteiger partial charge < -0.3 is 5.32 Å². The number of rotatable bonds is 4. The molecule has 0 fully saturated rings. The van der Waals surface area contributed by atoms with Gasteiger partial charge in [0.1, 0.15) is 0 Å². The maximum absolute atomic E-state index is 4.01. The summed E-state index contributed by atoms with van der Waals surface area (Å²) in [4.78, 5) is 4.01. The zero-order chi connectivity index (χ0) is 13.0. The van der Waals surface area contributed by atoms with Crippen LogP contribution in [0.3, 0.4) is 0 Å². The second kappa shape index (κ2) is 6.45. The van der Waals surface area contributed by atoms with Crippen molar-refractivity contribution in [2.45, 2.75) is 19.5 Å². The Morgan fingerprint density at radius 3 is 2.56 bits per heavy atom. The Kier molecular flexibility index (Phi) is 4.92. The van der Waals surface area contributed by atoms with Gasteiger partial charge in [0.25, 0.3) is 0 Å². The van der Waals surface area contributed by atoms with Gasteiger partial charge in [-0.2, -0.15) is 0 Å². The maximum Gasteiger partial charge on any atom is 0.0306 e. The van der Waals surface area contributed by atoms with E-state index < -0.39 is 0 Å². The van der Waals surface area contributed by atoms with E-state index in [2.05, 4.69) is 67.3 Å². The van der Waals surface area contributed by atoms with Crippen molar-refractivity contribution in [3.63, 3.8) is 0 Å². The maximum atomic E-state index is 4.01. The Bertz CT molecular complexity index is 514. The van der Waals surface area contributed by atoms with Crippen molar-refractivity contribution in [3.8, 4) is 0 Å². The fourth-order valence-corrected chi connectivity index (χ4v) is 3.12. The lowest BCUT2D eigenvalue weighted by molar-refractivity contribution is 0.572. The molecule has 2 nitrogen and oxygen atoms in total. The monoisotopic (exact) mass is 368 g/mol. The standard InChI is InChI=1S/C14H14Br2N2/c1-10(13-3-2-12(15)8-14(13)16)18-9-11-4-6-17-7-5-11/h2-8,10,18H,9H2,1H3. The summed E-state index contributed by atoms with van der Waals surface area (Å²) in [6, 6.07) is 10.6. The fraction of sp³-hybridized carbons (Fsp3) is 0.214. The molecular weight excluding hydrogens is 356 g/mol. The third kappa shape index (κ3) is 3.64. The topological polar surface area (TPSA) is 24.9 Å². The van der Waals surface area contributed by atoms with E-state index in [1.807, 2.05) is 24.5 Å². The van der Waals surface area contributed by atoms with E-state index in [0.717, 1.165) is 15.5 Å². The minimum atomic E-state index is 0.292. The molecule has 1 heterocycles. The van der Waals surface area contributed by atoms with Gasteiger partial charge in [0.2, 0.25) is 0 Å². The van der Waals surface area contributed by atoms with E-state index >= 15 is 0 Å². The molecule has 0 saturated heterocycles. The van der Waals surface area contributed by atoms with Crippen LogP contribution in [0.15, 0.2) is 51.7 Å². The molecule has 0 radical (unpaired) electrons. The van der Waals surface area contributed by atoms with Crippen molar-refractivity contribution in [3.05, 3.63) is 62.8 Å². The van der Waals surface area contributed by atoms with Gasteiger partial charge in [-0.3, -0.25) is 4.98 Å². The molecule has 2 rings (SSSR count). The molecule has 0 aliphatic heterocycles. The first-order chi connectivity index (χ1) is 8.66. The Hall–Kier alpha value is -0.710. The van der Waals surface area contributed by atoms with Crippen LogP contribution in [0.4, 0.5) is 0 Å². The highest BCUT2D eigenvalue weighted by Crippen LogP contribution is 2.26. The number of benzene rings is 1. The van der Waals surface area contributed by atoms with Crippen LogP contribution >= 0.6 is 31.9 Å². The lowest BCUT2D eigenvalue weighted by Crippen LogP contribution is -2.18. The average Bonchev–Trinajstić information content (AvgIpc) is 2.37. The molecule has 18 heavy (non-hydrogen) atoms. The molecule has 2 aromatic rings. The highest BCUT2D eigenvalue weighted by molar-refractivity contribution is 9.11. The highest BCUT2D eigenvalue weighted by Gasteiger charge is 2.08. The fourth-order valence-electron chi connectivity index (χ4n) is 1.73. The molecular formula is C14H14Br2N2. The highest BCUT2D eigenvalue weighted by atomic mass is 79.9. The SMILES string of the molecule is CC(NCc1ccncc1)c1ccc(Br)cc1Br. The average molecular weight is 370 g/mol. The molecule has 0 aliphatic carbocycles. The number of nitrogens with zero attached hydrogens (tertiary/aromatic N) is 1. The molecule has 1 aromatic carbocycles. The van der Waals surface area contributed by atoms with Gasteiger partial charge in [0.15, 0.2) is 0 Å². The molecule has 1 atom stereocenters. The van der Waals surface area contributed by atoms with Gasteiger partial charge in [-0.25, -0.2) is 0 Å². The summed E-state index contributed by atoms with van der Waals surface area (Å²) in [6.45, 7) is 3.00. The Morgan fingerprint density at radius 2 is 1.89 bits per heavy atom. The normalized spacial score (nSPS) is 12.4. The lowest BCUT2D eigenvalue weighted by Gasteiger charge is -2.16. The number of halogens is 2. The zero-order valence-corrected chi connectivity index (χ0v) is 13.2. The van der Waals surface area contributed by atoms with Gasteiger partial charge in [-0.1, -0.05) is 37.9 Å². The molecule has 0 bridgehead atoms. The summed E-state index contributed by atoms with van der Waals surface area (Å²) in [5.41, 5.74) is 2.50. The van der Waals surface area contributed by atoms with Gasteiger partial charge in [-0.05, 0) is 42.3 Å². The Morgan fingerprint density at radius 1 is 1.17 bits per heavy atom. The number of aromatic nitrogens is 1. The van der Waals surface area contributed by atoms with Gasteiger partial charge in [0, 0.05) is 33.9 Å². The molecule has 0 spiro atoms. The Labute approximate surface area is 124 Å². The predicted molar refractivity (Wildman–Crippen MR) is 81.3 cm³/mol. The van der Waals surface area contributed by atoms with Gasteiger partial charge >= 0.3 is 0 Å². The van der Waals surface area contributed by atoms with Crippen LogP contribution in [-0.2, 0) is 6.54 Å². The summed E-state index contributed by atoms with van der Waals surface area (Å²) in [7, 11) is 0. The van der Waals surface area contributed by atoms with Crippen LogP contribution in [0, 0.1) is 0 Å². The predicted octanol–water partition coefficient (Wildman–Crippen LogP) is 4.46. The van der Waals surface area contributed by atoms with Crippen molar-refractivity contribution < 1.29 is 0 Å². The van der Waals surface area contributed by atoms with Gasteiger partial charge in [-0.15, -0.1) is 0 Å². The first kappa shape index (κ1) is 13.7. The molecule has 0 saturated carbocycles. The van der Waals surface area contributed by atoms with E-state index in [4.69, 9.17) is 0 Å². The van der Waals surface area contributed by atoms with Crippen LogP contribution in [-0.4, -0.2) is 4.98 Å². The van der Waals surface area contributed by atoms with Crippen LogP contribution in [0.25, 0.3) is 0 Å². The lowest BCUT2D eigenvalue weighted by atomic mass is 10.1. The summed E-state index contributed by atoms with van der Waals surface area (Å²) in [5.74, 6) is 0. The zero-order valence-electron chi connectivity index (χ0n) is 10.0. The second-order valence-electron chi connectivity index (χ2n) is 4.12. The molecule has 0 aliphatic rings. The van der Waals surface area contributed by atoms with Crippen molar-refractivity contribution >= 4 is 31.9 Å². The molecule has 1 N–H and O–H groups in total. The van der Waals surface area contributed by atoms with E-state index in [-0.39, 0.29) is 0 Å². The summed E-state index contributed by atoms with van der Waals surface area (Å²) in [6.07, 6.45) is 3.63. The van der Waals surface area contributed by atoms with Crippen LogP contribution < -0.4 is 5.32 Å². The summed E-state index contributed by atoms with van der Waals surface area (Å²) in [5, 5.41) is 3.50. The summed E-state index contributed by atoms with van der Waals surface area (Å²) < 4.78 is 2.20. The minimum Gasteiger partial charge on any atom is -0.306 e. The molecule has 0 amide bonds. The van der Waals surface area contributed by atoms with Crippen molar-refractivity contribution in [2.75, 3.05) is 0 Å². The molecule has 4 heteroatoms. The van der Waals surface area contributed by atoms with E-state index in [0.29, 0.717) is 6.04 Å². The Balaban J connectivity index is 2.01. The van der Waals surface area contributed by atoms with Crippen molar-refractivity contribution in [2.24, 2.45) is 0 Å². The van der Waals surface area contributed by atoms with Crippen molar-refractivity contribution in [1.29, 1.82) is 0 Å². The second-order valence-corrected chi connectivity index (χ2v) is 5.89. The number of pyridine rings is 1.